The number of amides is 1. The third-order valence-electron chi connectivity index (χ3n) is 4.64. The van der Waals surface area contributed by atoms with Crippen molar-refractivity contribution in [1.82, 2.24) is 19.8 Å². The first kappa shape index (κ1) is 14.3. The topological polar surface area (TPSA) is 75.3 Å². The molecule has 1 aromatic rings. The lowest BCUT2D eigenvalue weighted by molar-refractivity contribution is 0.0643. The van der Waals surface area contributed by atoms with Crippen LogP contribution in [-0.2, 0) is 0 Å². The molecule has 2 saturated heterocycles. The maximum Gasteiger partial charge on any atom is 0.257 e. The van der Waals surface area contributed by atoms with Gasteiger partial charge in [0.25, 0.3) is 5.91 Å². The molecule has 3 rings (SSSR count). The van der Waals surface area contributed by atoms with Crippen molar-refractivity contribution in [2.75, 3.05) is 31.9 Å². The Morgan fingerprint density at radius 3 is 2.52 bits per heavy atom. The molecule has 0 atom stereocenters. The average molecular weight is 289 g/mol. The van der Waals surface area contributed by atoms with Crippen LogP contribution in [0.4, 0.5) is 5.95 Å². The highest BCUT2D eigenvalue weighted by molar-refractivity contribution is 5.95. The molecule has 0 aliphatic carbocycles. The largest absolute Gasteiger partial charge is 0.368 e. The number of nitrogens with two attached hydrogens (primary N) is 1. The summed E-state index contributed by atoms with van der Waals surface area (Å²) in [5, 5.41) is 0. The molecule has 114 valence electrons. The van der Waals surface area contributed by atoms with Crippen LogP contribution in [0.5, 0.6) is 0 Å². The highest BCUT2D eigenvalue weighted by Gasteiger charge is 2.29. The van der Waals surface area contributed by atoms with E-state index in [1.54, 1.807) is 6.20 Å². The van der Waals surface area contributed by atoms with E-state index in [0.29, 0.717) is 17.3 Å². The normalized spacial score (nSPS) is 20.9. The summed E-state index contributed by atoms with van der Waals surface area (Å²) in [7, 11) is 0. The van der Waals surface area contributed by atoms with E-state index in [1.807, 2.05) is 11.8 Å². The molecule has 1 aromatic heterocycles. The molecular weight excluding hydrogens is 266 g/mol. The van der Waals surface area contributed by atoms with Crippen molar-refractivity contribution < 1.29 is 4.79 Å². The molecule has 0 bridgehead atoms. The second kappa shape index (κ2) is 5.97. The molecule has 6 heteroatoms. The van der Waals surface area contributed by atoms with Gasteiger partial charge < -0.3 is 15.5 Å². The Morgan fingerprint density at radius 2 is 1.90 bits per heavy atom. The van der Waals surface area contributed by atoms with Gasteiger partial charge >= 0.3 is 0 Å². The molecule has 0 aromatic carbocycles. The fourth-order valence-electron chi connectivity index (χ4n) is 3.41. The predicted molar refractivity (Wildman–Crippen MR) is 80.9 cm³/mol. The maximum atomic E-state index is 12.6. The molecule has 1 amide bonds. The van der Waals surface area contributed by atoms with Crippen molar-refractivity contribution in [3.63, 3.8) is 0 Å². The van der Waals surface area contributed by atoms with Crippen LogP contribution >= 0.6 is 0 Å². The SMILES string of the molecule is Cc1nc(N)ncc1C(=O)N1CCC(N2CCCC2)CC1. The molecule has 2 aliphatic rings. The van der Waals surface area contributed by atoms with Crippen LogP contribution in [0.3, 0.4) is 0 Å². The quantitative estimate of drug-likeness (QED) is 0.881. The average Bonchev–Trinajstić information content (AvgIpc) is 3.01. The molecule has 0 saturated carbocycles. The third-order valence-corrected chi connectivity index (χ3v) is 4.64. The second-order valence-electron chi connectivity index (χ2n) is 5.99. The van der Waals surface area contributed by atoms with Crippen molar-refractivity contribution in [3.05, 3.63) is 17.5 Å². The number of hydrogen-bond donors (Lipinski definition) is 1. The lowest BCUT2D eigenvalue weighted by Gasteiger charge is -2.36. The van der Waals surface area contributed by atoms with Gasteiger partial charge in [-0.15, -0.1) is 0 Å². The summed E-state index contributed by atoms with van der Waals surface area (Å²) in [4.78, 5) is 25.1. The number of carbonyl (C=O) groups excluding carboxylic acids is 1. The molecule has 0 unspecified atom stereocenters. The zero-order valence-electron chi connectivity index (χ0n) is 12.6. The van der Waals surface area contributed by atoms with E-state index >= 15 is 0 Å². The Kier molecular flexibility index (Phi) is 4.05. The monoisotopic (exact) mass is 289 g/mol. The number of aromatic nitrogens is 2. The Labute approximate surface area is 125 Å². The van der Waals surface area contributed by atoms with Gasteiger partial charge in [0.2, 0.25) is 5.95 Å². The number of likely N-dealkylation sites (tertiary alicyclic amines) is 2. The molecular formula is C15H23N5O. The number of aryl methyl sites for hydroxylation is 1. The first-order valence-electron chi connectivity index (χ1n) is 7.77. The Morgan fingerprint density at radius 1 is 1.24 bits per heavy atom. The number of hydrogen-bond acceptors (Lipinski definition) is 5. The molecule has 0 spiro atoms. The molecule has 21 heavy (non-hydrogen) atoms. The first-order chi connectivity index (χ1) is 10.1. The van der Waals surface area contributed by atoms with E-state index < -0.39 is 0 Å². The fraction of sp³-hybridized carbons (Fsp3) is 0.667. The van der Waals surface area contributed by atoms with Crippen LogP contribution < -0.4 is 5.73 Å². The van der Waals surface area contributed by atoms with Gasteiger partial charge in [0.1, 0.15) is 0 Å². The Balaban J connectivity index is 1.62. The highest BCUT2D eigenvalue weighted by atomic mass is 16.2. The van der Waals surface area contributed by atoms with Gasteiger partial charge in [-0.1, -0.05) is 0 Å². The van der Waals surface area contributed by atoms with Crippen molar-refractivity contribution in [1.29, 1.82) is 0 Å². The van der Waals surface area contributed by atoms with Gasteiger partial charge in [-0.3, -0.25) is 4.79 Å². The summed E-state index contributed by atoms with van der Waals surface area (Å²) < 4.78 is 0. The van der Waals surface area contributed by atoms with Gasteiger partial charge in [-0.2, -0.15) is 0 Å². The van der Waals surface area contributed by atoms with Gasteiger partial charge in [0, 0.05) is 25.3 Å². The summed E-state index contributed by atoms with van der Waals surface area (Å²) in [6.45, 7) is 5.91. The Bertz CT molecular complexity index is 519. The van der Waals surface area contributed by atoms with Gasteiger partial charge in [-0.05, 0) is 45.7 Å². The fourth-order valence-corrected chi connectivity index (χ4v) is 3.41. The lowest BCUT2D eigenvalue weighted by Crippen LogP contribution is -2.46. The van der Waals surface area contributed by atoms with Gasteiger partial charge in [0.15, 0.2) is 0 Å². The summed E-state index contributed by atoms with van der Waals surface area (Å²) in [6, 6.07) is 0.653. The zero-order valence-corrected chi connectivity index (χ0v) is 12.6. The zero-order chi connectivity index (χ0) is 14.8. The maximum absolute atomic E-state index is 12.6. The molecule has 0 radical (unpaired) electrons. The minimum absolute atomic E-state index is 0.0346. The number of rotatable bonds is 2. The van der Waals surface area contributed by atoms with Crippen LogP contribution in [-0.4, -0.2) is 57.9 Å². The summed E-state index contributed by atoms with van der Waals surface area (Å²) in [6.07, 6.45) is 6.33. The number of nitrogen functional groups attached to an aromatic ring is 1. The lowest BCUT2D eigenvalue weighted by atomic mass is 10.0. The molecule has 6 nitrogen and oxygen atoms in total. The Hall–Kier alpha value is -1.69. The minimum Gasteiger partial charge on any atom is -0.368 e. The minimum atomic E-state index is 0.0346. The predicted octanol–water partition coefficient (Wildman–Crippen LogP) is 1.07. The standard InChI is InChI=1S/C15H23N5O/c1-11-13(10-17-15(16)18-11)14(21)20-8-4-12(5-9-20)19-6-2-3-7-19/h10,12H,2-9H2,1H3,(H2,16,17,18). The van der Waals surface area contributed by atoms with Crippen LogP contribution in [0.15, 0.2) is 6.20 Å². The van der Waals surface area contributed by atoms with Crippen LogP contribution in [0.25, 0.3) is 0 Å². The van der Waals surface area contributed by atoms with E-state index in [1.165, 1.54) is 25.9 Å². The van der Waals surface area contributed by atoms with E-state index in [9.17, 15) is 4.79 Å². The van der Waals surface area contributed by atoms with Gasteiger partial charge in [-0.25, -0.2) is 9.97 Å². The van der Waals surface area contributed by atoms with Gasteiger partial charge in [0.05, 0.1) is 11.3 Å². The third kappa shape index (κ3) is 3.00. The summed E-state index contributed by atoms with van der Waals surface area (Å²) >= 11 is 0. The number of piperidine rings is 1. The number of anilines is 1. The summed E-state index contributed by atoms with van der Waals surface area (Å²) in [5.74, 6) is 0.254. The molecule has 2 aliphatic heterocycles. The van der Waals surface area contributed by atoms with Crippen molar-refractivity contribution >= 4 is 11.9 Å². The van der Waals surface area contributed by atoms with E-state index in [-0.39, 0.29) is 11.9 Å². The molecule has 3 heterocycles. The second-order valence-corrected chi connectivity index (χ2v) is 5.99. The summed E-state index contributed by atoms with van der Waals surface area (Å²) in [5.41, 5.74) is 6.78. The van der Waals surface area contributed by atoms with Crippen LogP contribution in [0.1, 0.15) is 41.7 Å². The van der Waals surface area contributed by atoms with Crippen LogP contribution in [0, 0.1) is 6.92 Å². The number of nitrogens with zero attached hydrogens (tertiary/aromatic N) is 4. The smallest absolute Gasteiger partial charge is 0.257 e. The van der Waals surface area contributed by atoms with Crippen molar-refractivity contribution in [2.24, 2.45) is 0 Å². The van der Waals surface area contributed by atoms with Crippen LogP contribution in [0.2, 0.25) is 0 Å². The van der Waals surface area contributed by atoms with Crippen molar-refractivity contribution in [2.45, 2.75) is 38.6 Å². The van der Waals surface area contributed by atoms with E-state index in [2.05, 4.69) is 14.9 Å². The van der Waals surface area contributed by atoms with E-state index in [4.69, 9.17) is 5.73 Å². The number of carbonyl (C=O) groups is 1. The van der Waals surface area contributed by atoms with E-state index in [0.717, 1.165) is 25.9 Å². The molecule has 2 fully saturated rings. The highest BCUT2D eigenvalue weighted by Crippen LogP contribution is 2.22. The first-order valence-corrected chi connectivity index (χ1v) is 7.77. The molecule has 2 N–H and O–H groups in total. The van der Waals surface area contributed by atoms with Crippen molar-refractivity contribution in [3.8, 4) is 0 Å².